The fourth-order valence-corrected chi connectivity index (χ4v) is 2.28. The molecule has 0 fully saturated rings. The van der Waals surface area contributed by atoms with Crippen molar-refractivity contribution >= 4 is 21.6 Å². The summed E-state index contributed by atoms with van der Waals surface area (Å²) in [5, 5.41) is 7.29. The number of anilines is 1. The largest absolute Gasteiger partial charge is 0.323 e. The van der Waals surface area contributed by atoms with Gasteiger partial charge in [-0.3, -0.25) is 4.79 Å². The van der Waals surface area contributed by atoms with Crippen LogP contribution in [0.5, 0.6) is 0 Å². The van der Waals surface area contributed by atoms with E-state index in [9.17, 15) is 17.6 Å². The molecule has 0 aliphatic heterocycles. The first-order chi connectivity index (χ1) is 9.86. The Labute approximate surface area is 121 Å². The summed E-state index contributed by atoms with van der Waals surface area (Å²) in [6, 6.07) is 12.0. The van der Waals surface area contributed by atoms with Gasteiger partial charge in [-0.25, -0.2) is 17.9 Å². The van der Waals surface area contributed by atoms with Gasteiger partial charge < -0.3 is 5.32 Å². The van der Waals surface area contributed by atoms with Crippen LogP contribution in [0.3, 0.4) is 0 Å². The van der Waals surface area contributed by atoms with Gasteiger partial charge in [-0.1, -0.05) is 30.3 Å². The van der Waals surface area contributed by atoms with E-state index in [4.69, 9.17) is 5.14 Å². The first-order valence-electron chi connectivity index (χ1n) is 6.02. The van der Waals surface area contributed by atoms with Gasteiger partial charge in [0.05, 0.1) is 17.0 Å². The predicted octanol–water partition coefficient (Wildman–Crippen LogP) is 1.65. The van der Waals surface area contributed by atoms with Gasteiger partial charge in [0.15, 0.2) is 0 Å². The van der Waals surface area contributed by atoms with E-state index in [1.165, 1.54) is 0 Å². The SMILES string of the molecule is NS(=O)(=O)c1ccc(NC(=O)Cc2ccccc2)c(F)c1. The van der Waals surface area contributed by atoms with Crippen LogP contribution >= 0.6 is 0 Å². The van der Waals surface area contributed by atoms with Crippen LogP contribution < -0.4 is 10.5 Å². The van der Waals surface area contributed by atoms with Gasteiger partial charge in [0.2, 0.25) is 15.9 Å². The molecule has 110 valence electrons. The highest BCUT2D eigenvalue weighted by Crippen LogP contribution is 2.18. The molecule has 5 nitrogen and oxygen atoms in total. The number of benzene rings is 2. The maximum atomic E-state index is 13.7. The van der Waals surface area contributed by atoms with E-state index in [1.54, 1.807) is 24.3 Å². The molecule has 0 saturated carbocycles. The third kappa shape index (κ3) is 4.11. The molecule has 3 N–H and O–H groups in total. The summed E-state index contributed by atoms with van der Waals surface area (Å²) < 4.78 is 35.9. The summed E-state index contributed by atoms with van der Waals surface area (Å²) in [6.45, 7) is 0. The molecule has 0 aromatic heterocycles. The lowest BCUT2D eigenvalue weighted by atomic mass is 10.1. The summed E-state index contributed by atoms with van der Waals surface area (Å²) in [4.78, 5) is 11.4. The molecule has 21 heavy (non-hydrogen) atoms. The monoisotopic (exact) mass is 308 g/mol. The van der Waals surface area contributed by atoms with Gasteiger partial charge in [-0.2, -0.15) is 0 Å². The van der Waals surface area contributed by atoms with E-state index in [-0.39, 0.29) is 17.0 Å². The van der Waals surface area contributed by atoms with Crippen LogP contribution in [0.2, 0.25) is 0 Å². The minimum Gasteiger partial charge on any atom is -0.323 e. The first-order valence-corrected chi connectivity index (χ1v) is 7.57. The second kappa shape index (κ2) is 6.02. The number of sulfonamides is 1. The lowest BCUT2D eigenvalue weighted by Crippen LogP contribution is -2.16. The van der Waals surface area contributed by atoms with E-state index in [0.717, 1.165) is 23.8 Å². The minimum absolute atomic E-state index is 0.0941. The van der Waals surface area contributed by atoms with Gasteiger partial charge in [0.1, 0.15) is 5.82 Å². The molecule has 0 aliphatic carbocycles. The fraction of sp³-hybridized carbons (Fsp3) is 0.0714. The van der Waals surface area contributed by atoms with Crippen LogP contribution in [0.4, 0.5) is 10.1 Å². The van der Waals surface area contributed by atoms with Crippen LogP contribution in [0, 0.1) is 5.82 Å². The Morgan fingerprint density at radius 1 is 1.14 bits per heavy atom. The predicted molar refractivity (Wildman–Crippen MR) is 76.5 cm³/mol. The third-order valence-electron chi connectivity index (χ3n) is 2.75. The van der Waals surface area contributed by atoms with Crippen molar-refractivity contribution < 1.29 is 17.6 Å². The zero-order chi connectivity index (χ0) is 15.5. The molecular weight excluding hydrogens is 295 g/mol. The molecule has 2 rings (SSSR count). The number of nitrogens with one attached hydrogen (secondary N) is 1. The van der Waals surface area contributed by atoms with Crippen molar-refractivity contribution in [1.82, 2.24) is 0 Å². The normalized spacial score (nSPS) is 11.1. The van der Waals surface area contributed by atoms with Gasteiger partial charge in [-0.15, -0.1) is 0 Å². The smallest absolute Gasteiger partial charge is 0.238 e. The summed E-state index contributed by atoms with van der Waals surface area (Å²) in [5.74, 6) is -1.26. The summed E-state index contributed by atoms with van der Waals surface area (Å²) in [5.41, 5.74) is 0.694. The quantitative estimate of drug-likeness (QED) is 0.900. The van der Waals surface area contributed by atoms with Gasteiger partial charge in [0.25, 0.3) is 0 Å². The maximum Gasteiger partial charge on any atom is 0.238 e. The van der Waals surface area contributed by atoms with Crippen molar-refractivity contribution in [2.24, 2.45) is 5.14 Å². The molecule has 0 spiro atoms. The van der Waals surface area contributed by atoms with Crippen molar-refractivity contribution in [1.29, 1.82) is 0 Å². The van der Waals surface area contributed by atoms with Crippen LogP contribution in [-0.2, 0) is 21.2 Å². The maximum absolute atomic E-state index is 13.7. The van der Waals surface area contributed by atoms with Crippen LogP contribution in [0.15, 0.2) is 53.4 Å². The Kier molecular flexibility index (Phi) is 4.35. The van der Waals surface area contributed by atoms with E-state index < -0.39 is 21.7 Å². The molecule has 2 aromatic rings. The van der Waals surface area contributed by atoms with Crippen molar-refractivity contribution in [3.63, 3.8) is 0 Å². The number of primary sulfonamides is 1. The number of carbonyl (C=O) groups is 1. The number of carbonyl (C=O) groups excluding carboxylic acids is 1. The van der Waals surface area contributed by atoms with E-state index in [0.29, 0.717) is 0 Å². The molecule has 0 aliphatic rings. The first kappa shape index (κ1) is 15.1. The second-order valence-electron chi connectivity index (χ2n) is 4.40. The topological polar surface area (TPSA) is 89.3 Å². The zero-order valence-corrected chi connectivity index (χ0v) is 11.7. The van der Waals surface area contributed by atoms with E-state index in [1.807, 2.05) is 6.07 Å². The van der Waals surface area contributed by atoms with Crippen molar-refractivity contribution in [2.75, 3.05) is 5.32 Å². The Balaban J connectivity index is 2.11. The number of amides is 1. The average molecular weight is 308 g/mol. The van der Waals surface area contributed by atoms with Crippen molar-refractivity contribution in [3.05, 3.63) is 59.9 Å². The standard InChI is InChI=1S/C14H13FN2O3S/c15-12-9-11(21(16,19)20)6-7-13(12)17-14(18)8-10-4-2-1-3-5-10/h1-7,9H,8H2,(H,17,18)(H2,16,19,20). The lowest BCUT2D eigenvalue weighted by molar-refractivity contribution is -0.115. The van der Waals surface area contributed by atoms with Gasteiger partial charge >= 0.3 is 0 Å². The Bertz CT molecular complexity index is 761. The number of rotatable bonds is 4. The highest BCUT2D eigenvalue weighted by molar-refractivity contribution is 7.89. The van der Waals surface area contributed by atoms with Crippen molar-refractivity contribution in [3.8, 4) is 0 Å². The molecule has 0 radical (unpaired) electrons. The minimum atomic E-state index is -3.97. The Morgan fingerprint density at radius 2 is 1.81 bits per heavy atom. The molecule has 0 unspecified atom stereocenters. The molecule has 7 heteroatoms. The van der Waals surface area contributed by atoms with E-state index >= 15 is 0 Å². The Morgan fingerprint density at radius 3 is 2.38 bits per heavy atom. The van der Waals surface area contributed by atoms with Gasteiger partial charge in [-0.05, 0) is 23.8 Å². The number of hydrogen-bond donors (Lipinski definition) is 2. The molecule has 0 atom stereocenters. The summed E-state index contributed by atoms with van der Waals surface area (Å²) in [6.07, 6.45) is 0.0945. The number of hydrogen-bond acceptors (Lipinski definition) is 3. The molecule has 0 bridgehead atoms. The van der Waals surface area contributed by atoms with Crippen LogP contribution in [0.25, 0.3) is 0 Å². The Hall–Kier alpha value is -2.25. The second-order valence-corrected chi connectivity index (χ2v) is 5.96. The zero-order valence-electron chi connectivity index (χ0n) is 10.9. The number of nitrogens with two attached hydrogens (primary N) is 1. The van der Waals surface area contributed by atoms with Crippen molar-refractivity contribution in [2.45, 2.75) is 11.3 Å². The fourth-order valence-electron chi connectivity index (χ4n) is 1.75. The highest BCUT2D eigenvalue weighted by atomic mass is 32.2. The molecule has 2 aromatic carbocycles. The summed E-state index contributed by atoms with van der Waals surface area (Å²) in [7, 11) is -3.97. The molecular formula is C14H13FN2O3S. The van der Waals surface area contributed by atoms with Gasteiger partial charge in [0, 0.05) is 0 Å². The van der Waals surface area contributed by atoms with E-state index in [2.05, 4.69) is 5.32 Å². The number of halogens is 1. The summed E-state index contributed by atoms with van der Waals surface area (Å²) >= 11 is 0. The van der Waals surface area contributed by atoms with Crippen LogP contribution in [-0.4, -0.2) is 14.3 Å². The lowest BCUT2D eigenvalue weighted by Gasteiger charge is -2.07. The molecule has 0 saturated heterocycles. The molecule has 0 heterocycles. The highest BCUT2D eigenvalue weighted by Gasteiger charge is 2.13. The average Bonchev–Trinajstić information content (AvgIpc) is 2.41. The third-order valence-corrected chi connectivity index (χ3v) is 3.66. The molecule has 1 amide bonds. The van der Waals surface area contributed by atoms with Crippen LogP contribution in [0.1, 0.15) is 5.56 Å².